The van der Waals surface area contributed by atoms with E-state index in [-0.39, 0.29) is 18.1 Å². The second-order valence-corrected chi connectivity index (χ2v) is 6.88. The van der Waals surface area contributed by atoms with E-state index in [1.54, 1.807) is 73.2 Å². The Morgan fingerprint density at radius 3 is 2.52 bits per heavy atom. The minimum Gasteiger partial charge on any atom is -0.497 e. The molecule has 4 rings (SSSR count). The van der Waals surface area contributed by atoms with Crippen molar-refractivity contribution >= 4 is 22.5 Å². The van der Waals surface area contributed by atoms with E-state index >= 15 is 0 Å². The fourth-order valence-electron chi connectivity index (χ4n) is 3.28. The summed E-state index contributed by atoms with van der Waals surface area (Å²) >= 11 is 0. The summed E-state index contributed by atoms with van der Waals surface area (Å²) in [6, 6.07) is 21.3. The number of para-hydroxylation sites is 1. The van der Waals surface area contributed by atoms with Gasteiger partial charge in [0.1, 0.15) is 17.3 Å². The highest BCUT2D eigenvalue weighted by atomic mass is 16.5. The van der Waals surface area contributed by atoms with Crippen LogP contribution in [0.4, 0.5) is 5.69 Å². The quantitative estimate of drug-likeness (QED) is 0.519. The van der Waals surface area contributed by atoms with E-state index in [1.165, 1.54) is 0 Å². The lowest BCUT2D eigenvalue weighted by molar-refractivity contribution is -0.118. The number of aryl methyl sites for hydroxylation is 1. The molecule has 1 heterocycles. The Labute approximate surface area is 178 Å². The average molecular weight is 415 g/mol. The molecule has 0 unspecified atom stereocenters. The molecule has 0 spiro atoms. The standard InChI is InChI=1S/C24H21N3O4/c1-16-25-22-9-4-3-8-21(22)24(29)27(16)18-12-10-17(11-13-18)26-23(28)15-31-20-7-5-6-19(14-20)30-2/h3-14H,15H2,1-2H3,(H,26,28). The first-order valence-electron chi connectivity index (χ1n) is 9.71. The van der Waals surface area contributed by atoms with Crippen molar-refractivity contribution in [3.8, 4) is 17.2 Å². The van der Waals surface area contributed by atoms with Crippen molar-refractivity contribution in [3.05, 3.63) is 89.0 Å². The van der Waals surface area contributed by atoms with Gasteiger partial charge in [-0.3, -0.25) is 14.2 Å². The Hall–Kier alpha value is -4.13. The molecule has 0 bridgehead atoms. The molecule has 31 heavy (non-hydrogen) atoms. The number of benzene rings is 3. The number of ether oxygens (including phenoxy) is 2. The second-order valence-electron chi connectivity index (χ2n) is 6.88. The van der Waals surface area contributed by atoms with Crippen molar-refractivity contribution in [2.75, 3.05) is 19.0 Å². The van der Waals surface area contributed by atoms with Crippen LogP contribution < -0.4 is 20.3 Å². The molecule has 1 aromatic heterocycles. The molecular weight excluding hydrogens is 394 g/mol. The highest BCUT2D eigenvalue weighted by Gasteiger charge is 2.10. The lowest BCUT2D eigenvalue weighted by Crippen LogP contribution is -2.22. The van der Waals surface area contributed by atoms with Crippen LogP contribution in [-0.2, 0) is 4.79 Å². The number of rotatable bonds is 6. The van der Waals surface area contributed by atoms with Gasteiger partial charge in [-0.1, -0.05) is 18.2 Å². The molecule has 7 heteroatoms. The molecule has 3 aromatic carbocycles. The highest BCUT2D eigenvalue weighted by molar-refractivity contribution is 5.92. The third kappa shape index (κ3) is 4.40. The van der Waals surface area contributed by atoms with Crippen LogP contribution in [0.3, 0.4) is 0 Å². The number of hydrogen-bond acceptors (Lipinski definition) is 5. The van der Waals surface area contributed by atoms with Crippen LogP contribution in [0.1, 0.15) is 5.82 Å². The van der Waals surface area contributed by atoms with Gasteiger partial charge < -0.3 is 14.8 Å². The summed E-state index contributed by atoms with van der Waals surface area (Å²) in [5, 5.41) is 3.34. The normalized spacial score (nSPS) is 10.6. The van der Waals surface area contributed by atoms with Crippen molar-refractivity contribution in [2.45, 2.75) is 6.92 Å². The Kier molecular flexibility index (Phi) is 5.66. The number of aromatic nitrogens is 2. The molecule has 0 radical (unpaired) electrons. The lowest BCUT2D eigenvalue weighted by Gasteiger charge is -2.12. The lowest BCUT2D eigenvalue weighted by atomic mass is 10.2. The minimum atomic E-state index is -0.295. The number of carbonyl (C=O) groups is 1. The van der Waals surface area contributed by atoms with E-state index in [1.807, 2.05) is 18.2 Å². The molecule has 7 nitrogen and oxygen atoms in total. The van der Waals surface area contributed by atoms with E-state index in [0.29, 0.717) is 39.6 Å². The molecule has 0 atom stereocenters. The first kappa shape index (κ1) is 20.2. The van der Waals surface area contributed by atoms with Crippen molar-refractivity contribution in [1.82, 2.24) is 9.55 Å². The molecule has 1 N–H and O–H groups in total. The van der Waals surface area contributed by atoms with E-state index in [4.69, 9.17) is 9.47 Å². The fourth-order valence-corrected chi connectivity index (χ4v) is 3.28. The number of hydrogen-bond donors (Lipinski definition) is 1. The summed E-state index contributed by atoms with van der Waals surface area (Å²) in [6.45, 7) is 1.65. The summed E-state index contributed by atoms with van der Waals surface area (Å²) in [7, 11) is 1.57. The highest BCUT2D eigenvalue weighted by Crippen LogP contribution is 2.19. The van der Waals surface area contributed by atoms with E-state index in [9.17, 15) is 9.59 Å². The molecule has 0 saturated carbocycles. The molecule has 4 aromatic rings. The number of methoxy groups -OCH3 is 1. The van der Waals surface area contributed by atoms with Crippen molar-refractivity contribution in [3.63, 3.8) is 0 Å². The van der Waals surface area contributed by atoms with E-state index < -0.39 is 0 Å². The zero-order valence-corrected chi connectivity index (χ0v) is 17.2. The fraction of sp³-hybridized carbons (Fsp3) is 0.125. The second kappa shape index (κ2) is 8.71. The van der Waals surface area contributed by atoms with E-state index in [0.717, 1.165) is 0 Å². The molecular formula is C24H21N3O4. The first-order chi connectivity index (χ1) is 15.0. The summed E-state index contributed by atoms with van der Waals surface area (Å²) in [4.78, 5) is 29.6. The first-order valence-corrected chi connectivity index (χ1v) is 9.71. The molecule has 0 aliphatic rings. The monoisotopic (exact) mass is 415 g/mol. The van der Waals surface area contributed by atoms with E-state index in [2.05, 4.69) is 10.3 Å². The van der Waals surface area contributed by atoms with Gasteiger partial charge in [0.2, 0.25) is 0 Å². The molecule has 156 valence electrons. The van der Waals surface area contributed by atoms with Crippen LogP contribution in [0, 0.1) is 6.92 Å². The van der Waals surface area contributed by atoms with Crippen molar-refractivity contribution in [2.24, 2.45) is 0 Å². The molecule has 0 aliphatic heterocycles. The van der Waals surface area contributed by atoms with Crippen LogP contribution in [0.5, 0.6) is 11.5 Å². The molecule has 0 fully saturated rings. The molecule has 0 saturated heterocycles. The predicted octanol–water partition coefficient (Wildman–Crippen LogP) is 3.72. The molecule has 1 amide bonds. The predicted molar refractivity (Wildman–Crippen MR) is 119 cm³/mol. The number of carbonyl (C=O) groups excluding carboxylic acids is 1. The van der Waals surface area contributed by atoms with Crippen LogP contribution in [0.25, 0.3) is 16.6 Å². The number of fused-ring (bicyclic) bond motifs is 1. The van der Waals surface area contributed by atoms with Crippen LogP contribution in [-0.4, -0.2) is 29.2 Å². The van der Waals surface area contributed by atoms with Gasteiger partial charge in [-0.2, -0.15) is 0 Å². The maximum Gasteiger partial charge on any atom is 0.265 e. The zero-order chi connectivity index (χ0) is 21.8. The van der Waals surface area contributed by atoms with Crippen molar-refractivity contribution in [1.29, 1.82) is 0 Å². The van der Waals surface area contributed by atoms with Crippen LogP contribution in [0.15, 0.2) is 77.6 Å². The maximum atomic E-state index is 12.9. The summed E-state index contributed by atoms with van der Waals surface area (Å²) in [6.07, 6.45) is 0. The topological polar surface area (TPSA) is 82.4 Å². The van der Waals surface area contributed by atoms with Crippen LogP contribution in [0.2, 0.25) is 0 Å². The number of amides is 1. The van der Waals surface area contributed by atoms with Gasteiger partial charge in [0.25, 0.3) is 11.5 Å². The summed E-state index contributed by atoms with van der Waals surface area (Å²) in [5.74, 6) is 1.49. The maximum absolute atomic E-state index is 12.9. The van der Waals surface area contributed by atoms with Gasteiger partial charge in [-0.25, -0.2) is 4.98 Å². The number of nitrogens with one attached hydrogen (secondary N) is 1. The zero-order valence-electron chi connectivity index (χ0n) is 17.2. The minimum absolute atomic E-state index is 0.133. The van der Waals surface area contributed by atoms with Gasteiger partial charge in [-0.05, 0) is 55.5 Å². The van der Waals surface area contributed by atoms with Crippen molar-refractivity contribution < 1.29 is 14.3 Å². The van der Waals surface area contributed by atoms with Crippen LogP contribution >= 0.6 is 0 Å². The van der Waals surface area contributed by atoms with Gasteiger partial charge in [0, 0.05) is 11.8 Å². The Balaban J connectivity index is 1.47. The third-order valence-electron chi connectivity index (χ3n) is 4.76. The Bertz CT molecular complexity index is 1300. The Morgan fingerprint density at radius 1 is 1.00 bits per heavy atom. The Morgan fingerprint density at radius 2 is 1.74 bits per heavy atom. The van der Waals surface area contributed by atoms with Gasteiger partial charge >= 0.3 is 0 Å². The summed E-state index contributed by atoms with van der Waals surface area (Å²) in [5.41, 5.74) is 1.81. The smallest absolute Gasteiger partial charge is 0.265 e. The largest absolute Gasteiger partial charge is 0.497 e. The van der Waals surface area contributed by atoms with Gasteiger partial charge in [0.05, 0.1) is 23.7 Å². The average Bonchev–Trinajstić information content (AvgIpc) is 2.79. The SMILES string of the molecule is COc1cccc(OCC(=O)Nc2ccc(-n3c(C)nc4ccccc4c3=O)cc2)c1. The van der Waals surface area contributed by atoms with Gasteiger partial charge in [-0.15, -0.1) is 0 Å². The molecule has 0 aliphatic carbocycles. The number of anilines is 1. The third-order valence-corrected chi connectivity index (χ3v) is 4.76. The number of nitrogens with zero attached hydrogens (tertiary/aromatic N) is 2. The summed E-state index contributed by atoms with van der Waals surface area (Å²) < 4.78 is 12.2. The van der Waals surface area contributed by atoms with Gasteiger partial charge in [0.15, 0.2) is 6.61 Å².